The van der Waals surface area contributed by atoms with Crippen LogP contribution in [0.1, 0.15) is 26.7 Å². The lowest BCUT2D eigenvalue weighted by molar-refractivity contribution is 0.138. The number of nitrogens with one attached hydrogen (secondary N) is 2. The van der Waals surface area contributed by atoms with Crippen molar-refractivity contribution in [2.75, 3.05) is 13.2 Å². The van der Waals surface area contributed by atoms with Gasteiger partial charge in [-0.1, -0.05) is 13.8 Å². The zero-order valence-electron chi connectivity index (χ0n) is 9.21. The molecule has 1 aliphatic rings. The van der Waals surface area contributed by atoms with Crippen LogP contribution in [0.2, 0.25) is 0 Å². The maximum Gasteiger partial charge on any atom is 0.413 e. The molecule has 1 amide bonds. The van der Waals surface area contributed by atoms with Crippen LogP contribution in [0, 0.1) is 11.8 Å². The van der Waals surface area contributed by atoms with Crippen molar-refractivity contribution in [2.45, 2.75) is 26.7 Å². The predicted octanol–water partition coefficient (Wildman–Crippen LogP) is 1.65. The van der Waals surface area contributed by atoms with Gasteiger partial charge in [0.1, 0.15) is 0 Å². The van der Waals surface area contributed by atoms with Crippen LogP contribution in [0.15, 0.2) is 0 Å². The summed E-state index contributed by atoms with van der Waals surface area (Å²) in [6.07, 6.45) is 2.04. The first-order valence-corrected chi connectivity index (χ1v) is 5.70. The molecule has 4 nitrogen and oxygen atoms in total. The molecule has 0 unspecified atom stereocenters. The molecule has 15 heavy (non-hydrogen) atoms. The number of hydrogen-bond donors (Lipinski definition) is 2. The number of ether oxygens (including phenoxy) is 1. The summed E-state index contributed by atoms with van der Waals surface area (Å²) in [7, 11) is 0. The minimum atomic E-state index is -0.475. The van der Waals surface area contributed by atoms with E-state index in [0.29, 0.717) is 17.6 Å². The number of hydrogen-bond acceptors (Lipinski definition) is 3. The largest absolute Gasteiger partial charge is 0.449 e. The Labute approximate surface area is 95.8 Å². The van der Waals surface area contributed by atoms with Crippen molar-refractivity contribution in [1.29, 1.82) is 0 Å². The van der Waals surface area contributed by atoms with Gasteiger partial charge >= 0.3 is 6.09 Å². The summed E-state index contributed by atoms with van der Waals surface area (Å²) in [6, 6.07) is 0. The van der Waals surface area contributed by atoms with Gasteiger partial charge < -0.3 is 10.1 Å². The van der Waals surface area contributed by atoms with E-state index >= 15 is 0 Å². The lowest BCUT2D eigenvalue weighted by atomic mass is 10.2. The van der Waals surface area contributed by atoms with E-state index in [9.17, 15) is 4.79 Å². The molecule has 86 valence electrons. The second kappa shape index (κ2) is 5.90. The number of carbonyl (C=O) groups is 1. The van der Waals surface area contributed by atoms with Crippen LogP contribution < -0.4 is 10.6 Å². The summed E-state index contributed by atoms with van der Waals surface area (Å²) in [5.74, 6) is 1.07. The van der Waals surface area contributed by atoms with Crippen molar-refractivity contribution in [3.63, 3.8) is 0 Å². The normalized spacial score (nSPS) is 14.9. The Morgan fingerprint density at radius 1 is 1.53 bits per heavy atom. The van der Waals surface area contributed by atoms with Crippen LogP contribution in [-0.2, 0) is 4.74 Å². The number of amides is 1. The number of thiocarbonyl (C=S) groups is 1. The summed E-state index contributed by atoms with van der Waals surface area (Å²) >= 11 is 4.93. The second-order valence-corrected chi connectivity index (χ2v) is 4.68. The average Bonchev–Trinajstić information content (AvgIpc) is 2.95. The zero-order chi connectivity index (χ0) is 11.3. The minimum absolute atomic E-state index is 0.337. The number of alkyl carbamates (subject to hydrolysis) is 1. The highest BCUT2D eigenvalue weighted by atomic mass is 32.1. The highest BCUT2D eigenvalue weighted by Crippen LogP contribution is 2.27. The van der Waals surface area contributed by atoms with Crippen molar-refractivity contribution in [2.24, 2.45) is 11.8 Å². The fourth-order valence-corrected chi connectivity index (χ4v) is 1.14. The molecule has 0 saturated heterocycles. The molecule has 1 saturated carbocycles. The topological polar surface area (TPSA) is 50.4 Å². The third-order valence-electron chi connectivity index (χ3n) is 2.01. The van der Waals surface area contributed by atoms with E-state index in [2.05, 4.69) is 10.6 Å². The molecule has 2 N–H and O–H groups in total. The van der Waals surface area contributed by atoms with E-state index in [1.807, 2.05) is 13.8 Å². The summed E-state index contributed by atoms with van der Waals surface area (Å²) in [4.78, 5) is 11.2. The van der Waals surface area contributed by atoms with Gasteiger partial charge in [0, 0.05) is 6.54 Å². The van der Waals surface area contributed by atoms with Crippen molar-refractivity contribution < 1.29 is 9.53 Å². The molecule has 0 aromatic heterocycles. The zero-order valence-corrected chi connectivity index (χ0v) is 10.0. The van der Waals surface area contributed by atoms with Gasteiger partial charge in [-0.05, 0) is 36.9 Å². The van der Waals surface area contributed by atoms with Gasteiger partial charge in [-0.2, -0.15) is 0 Å². The molecule has 0 aromatic carbocycles. The maximum atomic E-state index is 11.2. The Morgan fingerprint density at radius 2 is 2.20 bits per heavy atom. The van der Waals surface area contributed by atoms with Gasteiger partial charge in [0.05, 0.1) is 6.61 Å². The van der Waals surface area contributed by atoms with Gasteiger partial charge in [-0.3, -0.25) is 5.32 Å². The van der Waals surface area contributed by atoms with Gasteiger partial charge in [0.15, 0.2) is 5.11 Å². The van der Waals surface area contributed by atoms with Gasteiger partial charge in [0.2, 0.25) is 0 Å². The smallest absolute Gasteiger partial charge is 0.413 e. The lowest BCUT2D eigenvalue weighted by Gasteiger charge is -2.10. The van der Waals surface area contributed by atoms with Crippen molar-refractivity contribution >= 4 is 23.4 Å². The second-order valence-electron chi connectivity index (χ2n) is 4.27. The fourth-order valence-electron chi connectivity index (χ4n) is 0.974. The summed E-state index contributed by atoms with van der Waals surface area (Å²) < 4.78 is 4.92. The quantitative estimate of drug-likeness (QED) is 0.721. The lowest BCUT2D eigenvalue weighted by Crippen LogP contribution is -2.40. The highest BCUT2D eigenvalue weighted by molar-refractivity contribution is 7.80. The van der Waals surface area contributed by atoms with E-state index in [1.165, 1.54) is 12.8 Å². The Kier molecular flexibility index (Phi) is 4.81. The first kappa shape index (κ1) is 12.2. The summed E-state index contributed by atoms with van der Waals surface area (Å²) in [6.45, 7) is 5.23. The molecular weight excluding hydrogens is 212 g/mol. The number of rotatable bonds is 4. The maximum absolute atomic E-state index is 11.2. The third-order valence-corrected chi connectivity index (χ3v) is 2.26. The standard InChI is InChI=1S/C10H18N2O2S/c1-7(2)6-14-10(13)12-9(15)11-5-8-3-4-8/h7-8H,3-6H2,1-2H3,(H2,11,12,13,15). The van der Waals surface area contributed by atoms with Gasteiger partial charge in [-0.25, -0.2) is 4.79 Å². The van der Waals surface area contributed by atoms with Crippen LogP contribution in [0.4, 0.5) is 4.79 Å². The van der Waals surface area contributed by atoms with Crippen molar-refractivity contribution in [3.8, 4) is 0 Å². The monoisotopic (exact) mass is 230 g/mol. The predicted molar refractivity (Wildman–Crippen MR) is 62.6 cm³/mol. The fraction of sp³-hybridized carbons (Fsp3) is 0.800. The Balaban J connectivity index is 2.04. The summed E-state index contributed by atoms with van der Waals surface area (Å²) in [5.41, 5.74) is 0. The Morgan fingerprint density at radius 3 is 2.73 bits per heavy atom. The van der Waals surface area contributed by atoms with Gasteiger partial charge in [-0.15, -0.1) is 0 Å². The highest BCUT2D eigenvalue weighted by Gasteiger charge is 2.21. The number of carbonyl (C=O) groups excluding carboxylic acids is 1. The van der Waals surface area contributed by atoms with E-state index < -0.39 is 6.09 Å². The molecule has 0 heterocycles. The van der Waals surface area contributed by atoms with Crippen molar-refractivity contribution in [1.82, 2.24) is 10.6 Å². The van der Waals surface area contributed by atoms with Crippen LogP contribution in [0.3, 0.4) is 0 Å². The minimum Gasteiger partial charge on any atom is -0.449 e. The van der Waals surface area contributed by atoms with Crippen LogP contribution in [0.5, 0.6) is 0 Å². The van der Waals surface area contributed by atoms with E-state index in [-0.39, 0.29) is 0 Å². The third kappa shape index (κ3) is 6.28. The molecule has 1 rings (SSSR count). The molecule has 0 atom stereocenters. The molecule has 1 aliphatic carbocycles. The average molecular weight is 230 g/mol. The summed E-state index contributed by atoms with van der Waals surface area (Å²) in [5, 5.41) is 5.82. The molecular formula is C10H18N2O2S. The molecule has 0 radical (unpaired) electrons. The van der Waals surface area contributed by atoms with Crippen molar-refractivity contribution in [3.05, 3.63) is 0 Å². The van der Waals surface area contributed by atoms with E-state index in [1.54, 1.807) is 0 Å². The van der Waals surface area contributed by atoms with Crippen LogP contribution in [-0.4, -0.2) is 24.4 Å². The van der Waals surface area contributed by atoms with Crippen LogP contribution >= 0.6 is 12.2 Å². The first-order chi connectivity index (χ1) is 7.08. The molecule has 1 fully saturated rings. The van der Waals surface area contributed by atoms with Gasteiger partial charge in [0.25, 0.3) is 0 Å². The molecule has 0 spiro atoms. The van der Waals surface area contributed by atoms with E-state index in [0.717, 1.165) is 12.5 Å². The molecule has 5 heteroatoms. The van der Waals surface area contributed by atoms with Crippen LogP contribution in [0.25, 0.3) is 0 Å². The first-order valence-electron chi connectivity index (χ1n) is 5.29. The Bertz CT molecular complexity index is 224. The SMILES string of the molecule is CC(C)COC(=O)NC(=S)NCC1CC1. The molecule has 0 aromatic rings. The Hall–Kier alpha value is -0.840. The molecule has 0 aliphatic heterocycles. The molecule has 0 bridgehead atoms. The van der Waals surface area contributed by atoms with E-state index in [4.69, 9.17) is 17.0 Å².